The number of rotatable bonds is 3. The molecule has 0 aromatic heterocycles. The molecule has 1 atom stereocenters. The van der Waals surface area contributed by atoms with Gasteiger partial charge in [-0.2, -0.15) is 0 Å². The highest BCUT2D eigenvalue weighted by molar-refractivity contribution is 5.79. The van der Waals surface area contributed by atoms with Gasteiger partial charge in [-0.3, -0.25) is 4.79 Å². The van der Waals surface area contributed by atoms with Crippen LogP contribution in [-0.4, -0.2) is 36.0 Å². The van der Waals surface area contributed by atoms with Crippen molar-refractivity contribution in [2.75, 3.05) is 13.1 Å². The molecule has 1 saturated heterocycles. The lowest BCUT2D eigenvalue weighted by Crippen LogP contribution is -2.47. The van der Waals surface area contributed by atoms with Gasteiger partial charge in [-0.15, -0.1) is 0 Å². The Kier molecular flexibility index (Phi) is 2.74. The van der Waals surface area contributed by atoms with E-state index in [2.05, 4.69) is 4.90 Å². The largest absolute Gasteiger partial charge is 0.368 e. The molecular weight excluding hydrogens is 178 g/mol. The molecule has 1 amide bonds. The van der Waals surface area contributed by atoms with Gasteiger partial charge in [0.2, 0.25) is 5.91 Å². The Bertz CT molecular complexity index is 219. The molecular formula is C10H19N3O. The maximum atomic E-state index is 10.9. The number of amides is 1. The summed E-state index contributed by atoms with van der Waals surface area (Å²) < 4.78 is 0. The molecule has 1 aliphatic carbocycles. The van der Waals surface area contributed by atoms with Crippen molar-refractivity contribution in [1.82, 2.24) is 4.90 Å². The molecule has 2 rings (SSSR count). The monoisotopic (exact) mass is 197 g/mol. The summed E-state index contributed by atoms with van der Waals surface area (Å²) in [5.74, 6) is -0.0441. The van der Waals surface area contributed by atoms with Crippen LogP contribution in [-0.2, 0) is 4.79 Å². The van der Waals surface area contributed by atoms with Crippen LogP contribution < -0.4 is 11.5 Å². The zero-order valence-corrected chi connectivity index (χ0v) is 8.48. The number of nitrogens with two attached hydrogens (primary N) is 2. The van der Waals surface area contributed by atoms with Gasteiger partial charge in [0.05, 0.1) is 6.04 Å². The van der Waals surface area contributed by atoms with E-state index in [1.807, 2.05) is 0 Å². The van der Waals surface area contributed by atoms with Gasteiger partial charge in [0.15, 0.2) is 0 Å². The average Bonchev–Trinajstić information content (AvgIpc) is 3.00. The molecule has 4 N–H and O–H groups in total. The van der Waals surface area contributed by atoms with Crippen molar-refractivity contribution in [3.63, 3.8) is 0 Å². The van der Waals surface area contributed by atoms with Gasteiger partial charge in [0.25, 0.3) is 0 Å². The van der Waals surface area contributed by atoms with Gasteiger partial charge in [0, 0.05) is 6.04 Å². The highest BCUT2D eigenvalue weighted by Gasteiger charge is 2.34. The Balaban J connectivity index is 1.79. The highest BCUT2D eigenvalue weighted by atomic mass is 16.1. The fourth-order valence-corrected chi connectivity index (χ4v) is 2.32. The van der Waals surface area contributed by atoms with Crippen molar-refractivity contribution < 1.29 is 4.79 Å². The number of hydrogen-bond acceptors (Lipinski definition) is 3. The number of piperidine rings is 1. The van der Waals surface area contributed by atoms with Crippen molar-refractivity contribution in [2.24, 2.45) is 17.4 Å². The molecule has 2 fully saturated rings. The minimum Gasteiger partial charge on any atom is -0.368 e. The van der Waals surface area contributed by atoms with Gasteiger partial charge in [-0.1, -0.05) is 0 Å². The summed E-state index contributed by atoms with van der Waals surface area (Å²) in [6.45, 7) is 2.19. The van der Waals surface area contributed by atoms with Gasteiger partial charge < -0.3 is 16.4 Å². The number of carbonyl (C=O) groups excluding carboxylic acids is 1. The number of nitrogens with zero attached hydrogens (tertiary/aromatic N) is 1. The van der Waals surface area contributed by atoms with Crippen LogP contribution in [0, 0.1) is 5.92 Å². The van der Waals surface area contributed by atoms with E-state index in [4.69, 9.17) is 11.5 Å². The molecule has 1 saturated carbocycles. The predicted molar refractivity (Wildman–Crippen MR) is 54.5 cm³/mol. The van der Waals surface area contributed by atoms with E-state index >= 15 is 0 Å². The second kappa shape index (κ2) is 3.87. The highest BCUT2D eigenvalue weighted by Crippen LogP contribution is 2.31. The standard InChI is InChI=1S/C10H19N3O/c11-9(10(12)14)7-3-5-13(6-4-7)8-1-2-8/h7-9H,1-6,11H2,(H2,12,14). The second-order valence-corrected chi connectivity index (χ2v) is 4.53. The first-order valence-corrected chi connectivity index (χ1v) is 5.47. The molecule has 4 nitrogen and oxygen atoms in total. The molecule has 1 aliphatic heterocycles. The van der Waals surface area contributed by atoms with Gasteiger partial charge in [-0.25, -0.2) is 0 Å². The van der Waals surface area contributed by atoms with Crippen molar-refractivity contribution in [1.29, 1.82) is 0 Å². The van der Waals surface area contributed by atoms with E-state index in [1.165, 1.54) is 12.8 Å². The average molecular weight is 197 g/mol. The minimum atomic E-state index is -0.434. The first-order valence-electron chi connectivity index (χ1n) is 5.47. The molecule has 0 radical (unpaired) electrons. The van der Waals surface area contributed by atoms with Gasteiger partial charge in [-0.05, 0) is 44.7 Å². The lowest BCUT2D eigenvalue weighted by molar-refractivity contribution is -0.120. The van der Waals surface area contributed by atoms with Crippen LogP contribution in [0.25, 0.3) is 0 Å². The zero-order chi connectivity index (χ0) is 10.1. The van der Waals surface area contributed by atoms with Crippen molar-refractivity contribution in [3.05, 3.63) is 0 Å². The van der Waals surface area contributed by atoms with Crippen molar-refractivity contribution in [2.45, 2.75) is 37.8 Å². The first kappa shape index (κ1) is 9.93. The summed E-state index contributed by atoms with van der Waals surface area (Å²) in [7, 11) is 0. The summed E-state index contributed by atoms with van der Waals surface area (Å²) in [5.41, 5.74) is 10.9. The number of likely N-dealkylation sites (tertiary alicyclic amines) is 1. The van der Waals surface area contributed by atoms with Gasteiger partial charge >= 0.3 is 0 Å². The van der Waals surface area contributed by atoms with Crippen LogP contribution in [0.1, 0.15) is 25.7 Å². The topological polar surface area (TPSA) is 72.3 Å². The summed E-state index contributed by atoms with van der Waals surface area (Å²) in [6.07, 6.45) is 4.76. The maximum absolute atomic E-state index is 10.9. The normalized spacial score (nSPS) is 27.5. The van der Waals surface area contributed by atoms with Crippen LogP contribution in [0.5, 0.6) is 0 Å². The van der Waals surface area contributed by atoms with E-state index in [1.54, 1.807) is 0 Å². The summed E-state index contributed by atoms with van der Waals surface area (Å²) in [5, 5.41) is 0. The van der Waals surface area contributed by atoms with Gasteiger partial charge in [0.1, 0.15) is 0 Å². The lowest BCUT2D eigenvalue weighted by Gasteiger charge is -2.33. The third-order valence-electron chi connectivity index (χ3n) is 3.47. The molecule has 80 valence electrons. The number of primary amides is 1. The molecule has 4 heteroatoms. The Morgan fingerprint density at radius 1 is 1.21 bits per heavy atom. The van der Waals surface area contributed by atoms with Crippen LogP contribution in [0.4, 0.5) is 0 Å². The van der Waals surface area contributed by atoms with Crippen LogP contribution >= 0.6 is 0 Å². The quantitative estimate of drug-likeness (QED) is 0.651. The predicted octanol–water partition coefficient (Wildman–Crippen LogP) is -0.327. The maximum Gasteiger partial charge on any atom is 0.234 e. The second-order valence-electron chi connectivity index (χ2n) is 4.53. The lowest BCUT2D eigenvalue weighted by atomic mass is 9.89. The molecule has 0 aromatic carbocycles. The van der Waals surface area contributed by atoms with Crippen molar-refractivity contribution in [3.8, 4) is 0 Å². The first-order chi connectivity index (χ1) is 6.68. The minimum absolute atomic E-state index is 0.308. The van der Waals surface area contributed by atoms with Crippen LogP contribution in [0.2, 0.25) is 0 Å². The van der Waals surface area contributed by atoms with Crippen LogP contribution in [0.15, 0.2) is 0 Å². The fraction of sp³-hybridized carbons (Fsp3) is 0.900. The molecule has 14 heavy (non-hydrogen) atoms. The summed E-state index contributed by atoms with van der Waals surface area (Å²) >= 11 is 0. The zero-order valence-electron chi connectivity index (χ0n) is 8.48. The van der Waals surface area contributed by atoms with E-state index in [-0.39, 0.29) is 5.91 Å². The third-order valence-corrected chi connectivity index (χ3v) is 3.47. The number of carbonyl (C=O) groups is 1. The molecule has 2 aliphatic rings. The molecule has 0 bridgehead atoms. The SMILES string of the molecule is NC(=O)C(N)C1CCN(C2CC2)CC1. The Hall–Kier alpha value is -0.610. The Labute approximate surface area is 84.6 Å². The molecule has 0 aromatic rings. The van der Waals surface area contributed by atoms with E-state index in [0.29, 0.717) is 5.92 Å². The van der Waals surface area contributed by atoms with Crippen LogP contribution in [0.3, 0.4) is 0 Å². The molecule has 1 unspecified atom stereocenters. The Morgan fingerprint density at radius 2 is 1.79 bits per heavy atom. The van der Waals surface area contributed by atoms with E-state index < -0.39 is 6.04 Å². The smallest absolute Gasteiger partial charge is 0.234 e. The molecule has 1 heterocycles. The molecule has 0 spiro atoms. The summed E-state index contributed by atoms with van der Waals surface area (Å²) in [6, 6.07) is 0.400. The number of hydrogen-bond donors (Lipinski definition) is 2. The Morgan fingerprint density at radius 3 is 2.21 bits per heavy atom. The van der Waals surface area contributed by atoms with E-state index in [0.717, 1.165) is 32.0 Å². The fourth-order valence-electron chi connectivity index (χ4n) is 2.32. The van der Waals surface area contributed by atoms with Crippen molar-refractivity contribution >= 4 is 5.91 Å². The third kappa shape index (κ3) is 2.07. The summed E-state index contributed by atoms with van der Waals surface area (Å²) in [4.78, 5) is 13.4. The van der Waals surface area contributed by atoms with E-state index in [9.17, 15) is 4.79 Å².